The van der Waals surface area contributed by atoms with Gasteiger partial charge in [0.15, 0.2) is 0 Å². The molecule has 1 saturated carbocycles. The average molecular weight is 207 g/mol. The van der Waals surface area contributed by atoms with Crippen LogP contribution in [0.15, 0.2) is 6.07 Å². The highest BCUT2D eigenvalue weighted by molar-refractivity contribution is 5.30. The fourth-order valence-corrected chi connectivity index (χ4v) is 2.51. The fraction of sp³-hybridized carbons (Fsp3) is 0.750. The molecule has 1 aliphatic carbocycles. The van der Waals surface area contributed by atoms with E-state index in [2.05, 4.69) is 5.10 Å². The summed E-state index contributed by atoms with van der Waals surface area (Å²) in [5, 5.41) is 4.43. The molecule has 0 atom stereocenters. The molecule has 1 aliphatic rings. The number of aryl methyl sites for hydroxylation is 1. The summed E-state index contributed by atoms with van der Waals surface area (Å²) >= 11 is 0. The van der Waals surface area contributed by atoms with Gasteiger partial charge < -0.3 is 5.73 Å². The molecular formula is C12H21N3. The van der Waals surface area contributed by atoms with Crippen molar-refractivity contribution in [3.05, 3.63) is 11.8 Å². The van der Waals surface area contributed by atoms with Gasteiger partial charge in [-0.2, -0.15) is 5.10 Å². The maximum atomic E-state index is 5.78. The van der Waals surface area contributed by atoms with Crippen LogP contribution in [0, 0.1) is 5.92 Å². The summed E-state index contributed by atoms with van der Waals surface area (Å²) in [7, 11) is 1.91. The third-order valence-corrected chi connectivity index (χ3v) is 3.44. The van der Waals surface area contributed by atoms with Crippen LogP contribution in [0.1, 0.15) is 44.2 Å². The Morgan fingerprint density at radius 2 is 2.00 bits per heavy atom. The second-order valence-corrected chi connectivity index (χ2v) is 4.75. The van der Waals surface area contributed by atoms with E-state index >= 15 is 0 Å². The van der Waals surface area contributed by atoms with Crippen molar-refractivity contribution in [2.45, 2.75) is 44.9 Å². The van der Waals surface area contributed by atoms with E-state index in [-0.39, 0.29) is 0 Å². The molecule has 1 fully saturated rings. The summed E-state index contributed by atoms with van der Waals surface area (Å²) in [5.41, 5.74) is 6.95. The second kappa shape index (κ2) is 4.69. The van der Waals surface area contributed by atoms with E-state index in [4.69, 9.17) is 5.73 Å². The van der Waals surface area contributed by atoms with Gasteiger partial charge in [-0.25, -0.2) is 0 Å². The van der Waals surface area contributed by atoms with Crippen LogP contribution < -0.4 is 5.73 Å². The van der Waals surface area contributed by atoms with Gasteiger partial charge in [0, 0.05) is 13.1 Å². The van der Waals surface area contributed by atoms with Crippen molar-refractivity contribution in [3.63, 3.8) is 0 Å². The summed E-state index contributed by atoms with van der Waals surface area (Å²) in [6, 6.07) is 2.02. The zero-order valence-corrected chi connectivity index (χ0v) is 9.58. The van der Waals surface area contributed by atoms with Gasteiger partial charge in [-0.05, 0) is 12.3 Å². The SMILES string of the molecule is Cn1nc(CC2CCCCCC2)cc1N. The highest BCUT2D eigenvalue weighted by Crippen LogP contribution is 2.25. The number of rotatable bonds is 2. The Hall–Kier alpha value is -0.990. The Labute approximate surface area is 91.7 Å². The van der Waals surface area contributed by atoms with Gasteiger partial charge >= 0.3 is 0 Å². The van der Waals surface area contributed by atoms with Crippen LogP contribution in [0.2, 0.25) is 0 Å². The maximum absolute atomic E-state index is 5.78. The van der Waals surface area contributed by atoms with Crippen molar-refractivity contribution in [2.24, 2.45) is 13.0 Å². The van der Waals surface area contributed by atoms with Crippen LogP contribution in [0.5, 0.6) is 0 Å². The third kappa shape index (κ3) is 2.74. The lowest BCUT2D eigenvalue weighted by atomic mass is 9.95. The standard InChI is InChI=1S/C12H21N3/c1-15-12(13)9-11(14-15)8-10-6-4-2-3-5-7-10/h9-10H,2-8,13H2,1H3. The Kier molecular flexibility index (Phi) is 3.29. The monoisotopic (exact) mass is 207 g/mol. The molecular weight excluding hydrogens is 186 g/mol. The van der Waals surface area contributed by atoms with Crippen LogP contribution in [-0.2, 0) is 13.5 Å². The molecule has 1 heterocycles. The van der Waals surface area contributed by atoms with Crippen molar-refractivity contribution >= 4 is 5.82 Å². The lowest BCUT2D eigenvalue weighted by molar-refractivity contribution is 0.451. The number of hydrogen-bond acceptors (Lipinski definition) is 2. The number of hydrogen-bond donors (Lipinski definition) is 1. The summed E-state index contributed by atoms with van der Waals surface area (Å²) in [5.74, 6) is 1.61. The maximum Gasteiger partial charge on any atom is 0.121 e. The number of nitrogens with two attached hydrogens (primary N) is 1. The fourth-order valence-electron chi connectivity index (χ4n) is 2.51. The predicted molar refractivity (Wildman–Crippen MR) is 62.5 cm³/mol. The first-order valence-corrected chi connectivity index (χ1v) is 6.04. The van der Waals surface area contributed by atoms with Crippen molar-refractivity contribution in [1.82, 2.24) is 9.78 Å². The Morgan fingerprint density at radius 1 is 1.33 bits per heavy atom. The lowest BCUT2D eigenvalue weighted by Gasteiger charge is -2.11. The Balaban J connectivity index is 1.95. The zero-order valence-electron chi connectivity index (χ0n) is 9.58. The first-order chi connectivity index (χ1) is 7.25. The Bertz CT molecular complexity index is 289. The van der Waals surface area contributed by atoms with E-state index in [1.54, 1.807) is 4.68 Å². The molecule has 0 radical (unpaired) electrons. The number of nitrogen functional groups attached to an aromatic ring is 1. The number of anilines is 1. The summed E-state index contributed by atoms with van der Waals surface area (Å²) in [4.78, 5) is 0. The van der Waals surface area contributed by atoms with Crippen molar-refractivity contribution in [2.75, 3.05) is 5.73 Å². The number of nitrogens with zero attached hydrogens (tertiary/aromatic N) is 2. The van der Waals surface area contributed by atoms with Crippen molar-refractivity contribution in [3.8, 4) is 0 Å². The van der Waals surface area contributed by atoms with Gasteiger partial charge in [0.1, 0.15) is 5.82 Å². The molecule has 2 N–H and O–H groups in total. The molecule has 0 spiro atoms. The molecule has 0 aromatic carbocycles. The van der Waals surface area contributed by atoms with Gasteiger partial charge in [-0.1, -0.05) is 38.5 Å². The minimum Gasteiger partial charge on any atom is -0.384 e. The van der Waals surface area contributed by atoms with Gasteiger partial charge in [0.2, 0.25) is 0 Å². The summed E-state index contributed by atoms with van der Waals surface area (Å²) < 4.78 is 1.77. The molecule has 0 aliphatic heterocycles. The van der Waals surface area contributed by atoms with Gasteiger partial charge in [0.25, 0.3) is 0 Å². The normalized spacial score (nSPS) is 19.0. The smallest absolute Gasteiger partial charge is 0.121 e. The van der Waals surface area contributed by atoms with Crippen LogP contribution in [0.4, 0.5) is 5.82 Å². The number of aromatic nitrogens is 2. The molecule has 15 heavy (non-hydrogen) atoms. The van der Waals surface area contributed by atoms with Gasteiger partial charge in [0.05, 0.1) is 5.69 Å². The lowest BCUT2D eigenvalue weighted by Crippen LogP contribution is -2.04. The summed E-state index contributed by atoms with van der Waals surface area (Å²) in [6.07, 6.45) is 9.49. The molecule has 3 heteroatoms. The zero-order chi connectivity index (χ0) is 10.7. The van der Waals surface area contributed by atoms with Gasteiger partial charge in [-0.15, -0.1) is 0 Å². The molecule has 1 aromatic heterocycles. The highest BCUT2D eigenvalue weighted by atomic mass is 15.3. The minimum absolute atomic E-state index is 0.777. The van der Waals surface area contributed by atoms with E-state index in [1.807, 2.05) is 13.1 Å². The third-order valence-electron chi connectivity index (χ3n) is 3.44. The largest absolute Gasteiger partial charge is 0.384 e. The summed E-state index contributed by atoms with van der Waals surface area (Å²) in [6.45, 7) is 0. The van der Waals surface area contributed by atoms with E-state index < -0.39 is 0 Å². The highest BCUT2D eigenvalue weighted by Gasteiger charge is 2.14. The molecule has 0 bridgehead atoms. The van der Waals surface area contributed by atoms with E-state index in [0.29, 0.717) is 0 Å². The molecule has 3 nitrogen and oxygen atoms in total. The molecule has 0 saturated heterocycles. The molecule has 1 aromatic rings. The van der Waals surface area contributed by atoms with E-state index in [0.717, 1.165) is 18.2 Å². The Morgan fingerprint density at radius 3 is 2.53 bits per heavy atom. The van der Waals surface area contributed by atoms with E-state index in [1.165, 1.54) is 44.2 Å². The second-order valence-electron chi connectivity index (χ2n) is 4.75. The predicted octanol–water partition coefficient (Wildman–Crippen LogP) is 2.52. The molecule has 2 rings (SSSR count). The first kappa shape index (κ1) is 10.5. The van der Waals surface area contributed by atoms with Crippen LogP contribution in [0.3, 0.4) is 0 Å². The molecule has 0 amide bonds. The van der Waals surface area contributed by atoms with Crippen LogP contribution >= 0.6 is 0 Å². The minimum atomic E-state index is 0.777. The van der Waals surface area contributed by atoms with Crippen LogP contribution in [-0.4, -0.2) is 9.78 Å². The van der Waals surface area contributed by atoms with E-state index in [9.17, 15) is 0 Å². The quantitative estimate of drug-likeness (QED) is 0.757. The average Bonchev–Trinajstić information content (AvgIpc) is 2.45. The molecule has 0 unspecified atom stereocenters. The van der Waals surface area contributed by atoms with Crippen molar-refractivity contribution < 1.29 is 0 Å². The van der Waals surface area contributed by atoms with Crippen molar-refractivity contribution in [1.29, 1.82) is 0 Å². The first-order valence-electron chi connectivity index (χ1n) is 6.04. The topological polar surface area (TPSA) is 43.8 Å². The molecule has 84 valence electrons. The van der Waals surface area contributed by atoms with Gasteiger partial charge in [-0.3, -0.25) is 4.68 Å². The van der Waals surface area contributed by atoms with Crippen LogP contribution in [0.25, 0.3) is 0 Å².